The Hall–Kier alpha value is -1.91. The number of carbonyl (C=O) groups excluding carboxylic acids is 2. The molecule has 3 heterocycles. The molecule has 1 aromatic rings. The zero-order valence-corrected chi connectivity index (χ0v) is 16.7. The summed E-state index contributed by atoms with van der Waals surface area (Å²) in [4.78, 5) is 38.9. The van der Waals surface area contributed by atoms with Crippen LogP contribution in [0.1, 0.15) is 70.4 Å². The maximum atomic E-state index is 13.3. The van der Waals surface area contributed by atoms with Crippen LogP contribution in [0.3, 0.4) is 0 Å². The van der Waals surface area contributed by atoms with Gasteiger partial charge in [-0.25, -0.2) is 0 Å². The predicted octanol–water partition coefficient (Wildman–Crippen LogP) is 3.36. The summed E-state index contributed by atoms with van der Waals surface area (Å²) < 4.78 is 1.90. The summed E-state index contributed by atoms with van der Waals surface area (Å²) in [5, 5.41) is 0. The average Bonchev–Trinajstić information content (AvgIpc) is 2.64. The number of piperidine rings is 1. The van der Waals surface area contributed by atoms with Gasteiger partial charge in [-0.15, -0.1) is 0 Å². The van der Waals surface area contributed by atoms with Crippen LogP contribution in [0.5, 0.6) is 0 Å². The molecule has 0 unspecified atom stereocenters. The molecular formula is C22H32N2O3. The molecule has 0 aromatic carbocycles. The Morgan fingerprint density at radius 1 is 1.15 bits per heavy atom. The van der Waals surface area contributed by atoms with Crippen molar-refractivity contribution < 1.29 is 9.59 Å². The number of carbonyl (C=O) groups is 2. The van der Waals surface area contributed by atoms with Gasteiger partial charge in [-0.2, -0.15) is 0 Å². The number of hydrogen-bond donors (Lipinski definition) is 0. The van der Waals surface area contributed by atoms with Gasteiger partial charge in [0.15, 0.2) is 0 Å². The molecule has 3 rings (SSSR count). The SMILES string of the molecule is CCCCC[C@@H](CCC(C)=O)C(=O)N1C[C@@H]2C[C@@H](C1)c1cccc(=O)n1C2. The van der Waals surface area contributed by atoms with Crippen LogP contribution in [0, 0.1) is 11.8 Å². The highest BCUT2D eigenvalue weighted by Gasteiger charge is 2.37. The lowest BCUT2D eigenvalue weighted by atomic mass is 9.82. The van der Waals surface area contributed by atoms with Gasteiger partial charge < -0.3 is 14.3 Å². The second kappa shape index (κ2) is 8.85. The molecule has 0 aliphatic carbocycles. The number of hydrogen-bond acceptors (Lipinski definition) is 3. The molecule has 0 radical (unpaired) electrons. The third-order valence-electron chi connectivity index (χ3n) is 6.14. The summed E-state index contributed by atoms with van der Waals surface area (Å²) in [5.41, 5.74) is 1.14. The number of pyridine rings is 1. The summed E-state index contributed by atoms with van der Waals surface area (Å²) in [6.45, 7) is 5.91. The average molecular weight is 373 g/mol. The van der Waals surface area contributed by atoms with Gasteiger partial charge in [0.05, 0.1) is 0 Å². The van der Waals surface area contributed by atoms with Crippen LogP contribution >= 0.6 is 0 Å². The van der Waals surface area contributed by atoms with Gasteiger partial charge in [0, 0.05) is 49.7 Å². The molecule has 0 spiro atoms. The number of amides is 1. The number of likely N-dealkylation sites (tertiary alicyclic amines) is 1. The Labute approximate surface area is 161 Å². The molecule has 5 nitrogen and oxygen atoms in total. The minimum atomic E-state index is -0.0442. The second-order valence-electron chi connectivity index (χ2n) is 8.37. The maximum absolute atomic E-state index is 13.3. The zero-order valence-electron chi connectivity index (χ0n) is 16.7. The highest BCUT2D eigenvalue weighted by molar-refractivity contribution is 5.81. The van der Waals surface area contributed by atoms with E-state index < -0.39 is 0 Å². The van der Waals surface area contributed by atoms with Crippen molar-refractivity contribution in [1.29, 1.82) is 0 Å². The van der Waals surface area contributed by atoms with Crippen LogP contribution in [0.4, 0.5) is 0 Å². The number of fused-ring (bicyclic) bond motifs is 4. The third kappa shape index (κ3) is 4.69. The maximum Gasteiger partial charge on any atom is 0.250 e. The Kier molecular flexibility index (Phi) is 6.51. The molecule has 0 N–H and O–H groups in total. The van der Waals surface area contributed by atoms with E-state index in [1.54, 1.807) is 13.0 Å². The van der Waals surface area contributed by atoms with Crippen LogP contribution in [-0.4, -0.2) is 34.2 Å². The summed E-state index contributed by atoms with van der Waals surface area (Å²) in [5.74, 6) is 0.932. The van der Waals surface area contributed by atoms with E-state index in [0.29, 0.717) is 31.8 Å². The lowest BCUT2D eigenvalue weighted by Crippen LogP contribution is -2.50. The molecule has 5 heteroatoms. The monoisotopic (exact) mass is 372 g/mol. The molecule has 2 aliphatic heterocycles. The van der Waals surface area contributed by atoms with E-state index in [1.165, 1.54) is 0 Å². The topological polar surface area (TPSA) is 59.4 Å². The minimum Gasteiger partial charge on any atom is -0.341 e. The number of nitrogens with zero attached hydrogens (tertiary/aromatic N) is 2. The quantitative estimate of drug-likeness (QED) is 0.658. The van der Waals surface area contributed by atoms with Crippen LogP contribution in [0.2, 0.25) is 0 Å². The number of unbranched alkanes of at least 4 members (excludes halogenated alkanes) is 2. The summed E-state index contributed by atoms with van der Waals surface area (Å²) in [6.07, 6.45) is 6.40. The standard InChI is InChI=1S/C22H32N2O3/c1-3-4-5-7-18(11-10-16(2)25)22(27)23-13-17-12-19(15-23)20-8-6-9-21(26)24(20)14-17/h6,8-9,17-19H,3-5,7,10-15H2,1-2H3/t17-,18-,19-/m0/s1. The van der Waals surface area contributed by atoms with Gasteiger partial charge in [-0.3, -0.25) is 9.59 Å². The summed E-state index contributed by atoms with van der Waals surface area (Å²) >= 11 is 0. The first kappa shape index (κ1) is 19.8. The number of rotatable bonds is 8. The van der Waals surface area contributed by atoms with Crippen LogP contribution in [0.15, 0.2) is 23.0 Å². The summed E-state index contributed by atoms with van der Waals surface area (Å²) in [6, 6.07) is 5.49. The van der Waals surface area contributed by atoms with Crippen LogP contribution < -0.4 is 5.56 Å². The Balaban J connectivity index is 1.72. The zero-order chi connectivity index (χ0) is 19.4. The molecule has 148 valence electrons. The molecular weight excluding hydrogens is 340 g/mol. The molecule has 1 fully saturated rings. The Bertz CT molecular complexity index is 739. The van der Waals surface area contributed by atoms with Crippen molar-refractivity contribution in [3.8, 4) is 0 Å². The first-order valence-corrected chi connectivity index (χ1v) is 10.5. The van der Waals surface area contributed by atoms with E-state index in [2.05, 4.69) is 6.92 Å². The van der Waals surface area contributed by atoms with Crippen molar-refractivity contribution in [3.05, 3.63) is 34.2 Å². The molecule has 1 amide bonds. The fraction of sp³-hybridized carbons (Fsp3) is 0.682. The van der Waals surface area contributed by atoms with E-state index >= 15 is 0 Å². The predicted molar refractivity (Wildman–Crippen MR) is 106 cm³/mol. The van der Waals surface area contributed by atoms with Crippen molar-refractivity contribution in [2.45, 2.75) is 71.3 Å². The normalized spacial score (nSPS) is 22.2. The number of ketones is 1. The minimum absolute atomic E-state index is 0.0442. The lowest BCUT2D eigenvalue weighted by Gasteiger charge is -2.43. The van der Waals surface area contributed by atoms with Crippen LogP contribution in [0.25, 0.3) is 0 Å². The first-order chi connectivity index (χ1) is 13.0. The molecule has 1 aromatic heterocycles. The van der Waals surface area contributed by atoms with Gasteiger partial charge in [-0.1, -0.05) is 32.3 Å². The van der Waals surface area contributed by atoms with E-state index in [0.717, 1.165) is 44.3 Å². The number of aromatic nitrogens is 1. The third-order valence-corrected chi connectivity index (χ3v) is 6.14. The van der Waals surface area contributed by atoms with Crippen molar-refractivity contribution in [3.63, 3.8) is 0 Å². The molecule has 3 atom stereocenters. The van der Waals surface area contributed by atoms with E-state index in [1.807, 2.05) is 21.6 Å². The molecule has 1 saturated heterocycles. The molecule has 0 saturated carbocycles. The largest absolute Gasteiger partial charge is 0.341 e. The van der Waals surface area contributed by atoms with Crippen LogP contribution in [-0.2, 0) is 16.1 Å². The van der Waals surface area contributed by atoms with Gasteiger partial charge in [0.2, 0.25) is 5.91 Å². The van der Waals surface area contributed by atoms with Gasteiger partial charge >= 0.3 is 0 Å². The highest BCUT2D eigenvalue weighted by atomic mass is 16.2. The van der Waals surface area contributed by atoms with Crippen molar-refractivity contribution in [2.75, 3.05) is 13.1 Å². The molecule has 27 heavy (non-hydrogen) atoms. The van der Waals surface area contributed by atoms with Gasteiger partial charge in [-0.05, 0) is 38.2 Å². The lowest BCUT2D eigenvalue weighted by molar-refractivity contribution is -0.139. The first-order valence-electron chi connectivity index (χ1n) is 10.5. The highest BCUT2D eigenvalue weighted by Crippen LogP contribution is 2.36. The van der Waals surface area contributed by atoms with Crippen molar-refractivity contribution >= 4 is 11.7 Å². The van der Waals surface area contributed by atoms with E-state index in [9.17, 15) is 14.4 Å². The Morgan fingerprint density at radius 2 is 1.96 bits per heavy atom. The Morgan fingerprint density at radius 3 is 2.70 bits per heavy atom. The fourth-order valence-corrected chi connectivity index (χ4v) is 4.74. The van der Waals surface area contributed by atoms with Crippen molar-refractivity contribution in [1.82, 2.24) is 9.47 Å². The van der Waals surface area contributed by atoms with Crippen molar-refractivity contribution in [2.24, 2.45) is 11.8 Å². The summed E-state index contributed by atoms with van der Waals surface area (Å²) in [7, 11) is 0. The fourth-order valence-electron chi connectivity index (χ4n) is 4.74. The molecule has 2 bridgehead atoms. The van der Waals surface area contributed by atoms with Gasteiger partial charge in [0.25, 0.3) is 5.56 Å². The second-order valence-corrected chi connectivity index (χ2v) is 8.37. The smallest absolute Gasteiger partial charge is 0.250 e. The van der Waals surface area contributed by atoms with Gasteiger partial charge in [0.1, 0.15) is 5.78 Å². The molecule has 2 aliphatic rings. The van der Waals surface area contributed by atoms with E-state index in [-0.39, 0.29) is 29.1 Å². The van der Waals surface area contributed by atoms with E-state index in [4.69, 9.17) is 0 Å². The number of Topliss-reactive ketones (excluding diaryl/α,β-unsaturated/α-hetero) is 1.